The summed E-state index contributed by atoms with van der Waals surface area (Å²) in [4.78, 5) is 11.1. The van der Waals surface area contributed by atoms with Gasteiger partial charge in [0, 0.05) is 6.04 Å². The van der Waals surface area contributed by atoms with Crippen molar-refractivity contribution in [3.8, 4) is 0 Å². The number of rotatable bonds is 2. The number of carbonyl (C=O) groups is 1. The van der Waals surface area contributed by atoms with Gasteiger partial charge in [0.1, 0.15) is 6.04 Å². The summed E-state index contributed by atoms with van der Waals surface area (Å²) in [5, 5.41) is 2.99. The number of carbonyl (C=O) groups excluding carboxylic acids is 1. The lowest BCUT2D eigenvalue weighted by molar-refractivity contribution is -0.145. The third-order valence-corrected chi connectivity index (χ3v) is 1.81. The molecule has 0 saturated carbocycles. The van der Waals surface area contributed by atoms with E-state index >= 15 is 0 Å². The maximum absolute atomic E-state index is 11.1. The average molecular weight is 158 g/mol. The van der Waals surface area contributed by atoms with Crippen LogP contribution in [-0.4, -0.2) is 31.2 Å². The van der Waals surface area contributed by atoms with Gasteiger partial charge in [-0.05, 0) is 19.9 Å². The highest BCUT2D eigenvalue weighted by Crippen LogP contribution is 2.05. The first-order valence-corrected chi connectivity index (χ1v) is 3.91. The molecule has 0 bridgehead atoms. The van der Waals surface area contributed by atoms with Crippen molar-refractivity contribution in [2.75, 3.05) is 13.2 Å². The SMILES string of the molecule is CCOC(=O)[C@@H]1NCC[C@H]1N. The maximum Gasteiger partial charge on any atom is 0.324 e. The van der Waals surface area contributed by atoms with E-state index in [-0.39, 0.29) is 18.1 Å². The molecule has 0 radical (unpaired) electrons. The molecule has 0 aromatic carbocycles. The predicted molar refractivity (Wildman–Crippen MR) is 41.0 cm³/mol. The largest absolute Gasteiger partial charge is 0.465 e. The van der Waals surface area contributed by atoms with Gasteiger partial charge in [0.15, 0.2) is 0 Å². The molecule has 0 spiro atoms. The second kappa shape index (κ2) is 3.69. The van der Waals surface area contributed by atoms with E-state index in [0.29, 0.717) is 6.61 Å². The summed E-state index contributed by atoms with van der Waals surface area (Å²) in [6.45, 7) is 3.02. The van der Waals surface area contributed by atoms with E-state index < -0.39 is 0 Å². The van der Waals surface area contributed by atoms with Crippen molar-refractivity contribution in [3.63, 3.8) is 0 Å². The van der Waals surface area contributed by atoms with Crippen LogP contribution in [0.25, 0.3) is 0 Å². The van der Waals surface area contributed by atoms with Crippen molar-refractivity contribution >= 4 is 5.97 Å². The Morgan fingerprint density at radius 3 is 3.00 bits per heavy atom. The van der Waals surface area contributed by atoms with Gasteiger partial charge >= 0.3 is 5.97 Å². The van der Waals surface area contributed by atoms with Crippen molar-refractivity contribution in [1.82, 2.24) is 5.32 Å². The standard InChI is InChI=1S/C7H14N2O2/c1-2-11-7(10)6-5(8)3-4-9-6/h5-6,9H,2-4,8H2,1H3/t5-,6-/m1/s1. The fourth-order valence-electron chi connectivity index (χ4n) is 1.21. The van der Waals surface area contributed by atoms with E-state index in [4.69, 9.17) is 10.5 Å². The summed E-state index contributed by atoms with van der Waals surface area (Å²) in [7, 11) is 0. The third-order valence-electron chi connectivity index (χ3n) is 1.81. The van der Waals surface area contributed by atoms with E-state index in [1.54, 1.807) is 6.92 Å². The van der Waals surface area contributed by atoms with Gasteiger partial charge in [-0.2, -0.15) is 0 Å². The highest BCUT2D eigenvalue weighted by molar-refractivity contribution is 5.77. The predicted octanol–water partition coefficient (Wildman–Crippen LogP) is -0.761. The van der Waals surface area contributed by atoms with Crippen LogP contribution in [0, 0.1) is 0 Å². The zero-order valence-electron chi connectivity index (χ0n) is 6.67. The fraction of sp³-hybridized carbons (Fsp3) is 0.857. The molecule has 0 aliphatic carbocycles. The number of esters is 1. The van der Waals surface area contributed by atoms with Crippen LogP contribution < -0.4 is 11.1 Å². The van der Waals surface area contributed by atoms with Crippen LogP contribution in [0.4, 0.5) is 0 Å². The van der Waals surface area contributed by atoms with E-state index in [0.717, 1.165) is 13.0 Å². The van der Waals surface area contributed by atoms with E-state index in [1.807, 2.05) is 0 Å². The fourth-order valence-corrected chi connectivity index (χ4v) is 1.21. The van der Waals surface area contributed by atoms with Gasteiger partial charge < -0.3 is 15.8 Å². The number of hydrogen-bond donors (Lipinski definition) is 2. The molecule has 1 fully saturated rings. The zero-order chi connectivity index (χ0) is 8.27. The van der Waals surface area contributed by atoms with Crippen LogP contribution in [0.5, 0.6) is 0 Å². The molecule has 0 aromatic heterocycles. The molecule has 0 aromatic rings. The molecule has 1 aliphatic rings. The minimum atomic E-state index is -0.282. The van der Waals surface area contributed by atoms with Crippen LogP contribution in [0.1, 0.15) is 13.3 Å². The van der Waals surface area contributed by atoms with Crippen LogP contribution in [0.3, 0.4) is 0 Å². The minimum absolute atomic E-state index is 0.0750. The molecule has 1 aliphatic heterocycles. The van der Waals surface area contributed by atoms with Gasteiger partial charge in [0.25, 0.3) is 0 Å². The van der Waals surface area contributed by atoms with E-state index in [2.05, 4.69) is 5.32 Å². The van der Waals surface area contributed by atoms with Gasteiger partial charge in [0.05, 0.1) is 6.61 Å². The van der Waals surface area contributed by atoms with Crippen molar-refractivity contribution in [2.45, 2.75) is 25.4 Å². The second-order valence-electron chi connectivity index (χ2n) is 2.64. The monoisotopic (exact) mass is 158 g/mol. The summed E-state index contributed by atoms with van der Waals surface area (Å²) in [6.07, 6.45) is 0.851. The number of nitrogens with two attached hydrogens (primary N) is 1. The molecule has 64 valence electrons. The normalized spacial score (nSPS) is 30.4. The van der Waals surface area contributed by atoms with Crippen molar-refractivity contribution < 1.29 is 9.53 Å². The Labute approximate surface area is 66.1 Å². The van der Waals surface area contributed by atoms with Crippen LogP contribution >= 0.6 is 0 Å². The number of ether oxygens (including phenoxy) is 1. The van der Waals surface area contributed by atoms with Gasteiger partial charge in [-0.25, -0.2) is 0 Å². The summed E-state index contributed by atoms with van der Waals surface area (Å²) in [6, 6.07) is -0.357. The van der Waals surface area contributed by atoms with E-state index in [9.17, 15) is 4.79 Å². The molecular formula is C7H14N2O2. The minimum Gasteiger partial charge on any atom is -0.465 e. The Morgan fingerprint density at radius 1 is 1.82 bits per heavy atom. The molecule has 0 unspecified atom stereocenters. The van der Waals surface area contributed by atoms with Gasteiger partial charge in [-0.15, -0.1) is 0 Å². The molecule has 3 N–H and O–H groups in total. The smallest absolute Gasteiger partial charge is 0.324 e. The first-order chi connectivity index (χ1) is 5.25. The molecular weight excluding hydrogens is 144 g/mol. The number of nitrogens with one attached hydrogen (secondary N) is 1. The molecule has 1 saturated heterocycles. The topological polar surface area (TPSA) is 64.3 Å². The lowest BCUT2D eigenvalue weighted by Gasteiger charge is -2.12. The third kappa shape index (κ3) is 1.91. The highest BCUT2D eigenvalue weighted by Gasteiger charge is 2.30. The Hall–Kier alpha value is -0.610. The van der Waals surface area contributed by atoms with Gasteiger partial charge in [-0.3, -0.25) is 4.79 Å². The Balaban J connectivity index is 2.39. The van der Waals surface area contributed by atoms with Crippen LogP contribution in [0.2, 0.25) is 0 Å². The average Bonchev–Trinajstić information content (AvgIpc) is 2.36. The lowest BCUT2D eigenvalue weighted by atomic mass is 10.1. The van der Waals surface area contributed by atoms with Crippen molar-refractivity contribution in [2.24, 2.45) is 5.73 Å². The first kappa shape index (κ1) is 8.49. The first-order valence-electron chi connectivity index (χ1n) is 3.91. The molecule has 11 heavy (non-hydrogen) atoms. The van der Waals surface area contributed by atoms with E-state index in [1.165, 1.54) is 0 Å². The Morgan fingerprint density at radius 2 is 2.55 bits per heavy atom. The molecule has 4 nitrogen and oxygen atoms in total. The lowest BCUT2D eigenvalue weighted by Crippen LogP contribution is -2.43. The molecule has 2 atom stereocenters. The summed E-state index contributed by atoms with van der Waals surface area (Å²) in [5.41, 5.74) is 5.65. The molecule has 1 rings (SSSR count). The summed E-state index contributed by atoms with van der Waals surface area (Å²) in [5.74, 6) is -0.225. The van der Waals surface area contributed by atoms with Crippen molar-refractivity contribution in [3.05, 3.63) is 0 Å². The van der Waals surface area contributed by atoms with Crippen LogP contribution in [-0.2, 0) is 9.53 Å². The zero-order valence-corrected chi connectivity index (χ0v) is 6.67. The molecule has 1 heterocycles. The van der Waals surface area contributed by atoms with Crippen LogP contribution in [0.15, 0.2) is 0 Å². The Kier molecular flexibility index (Phi) is 2.84. The summed E-state index contributed by atoms with van der Waals surface area (Å²) >= 11 is 0. The second-order valence-corrected chi connectivity index (χ2v) is 2.64. The van der Waals surface area contributed by atoms with Crippen molar-refractivity contribution in [1.29, 1.82) is 0 Å². The molecule has 0 amide bonds. The van der Waals surface area contributed by atoms with Gasteiger partial charge in [-0.1, -0.05) is 0 Å². The Bertz CT molecular complexity index is 149. The highest BCUT2D eigenvalue weighted by atomic mass is 16.5. The van der Waals surface area contributed by atoms with Gasteiger partial charge in [0.2, 0.25) is 0 Å². The number of hydrogen-bond acceptors (Lipinski definition) is 4. The molecule has 4 heteroatoms. The maximum atomic E-state index is 11.1. The quantitative estimate of drug-likeness (QED) is 0.518. The summed E-state index contributed by atoms with van der Waals surface area (Å²) < 4.78 is 4.81.